The van der Waals surface area contributed by atoms with Gasteiger partial charge >= 0.3 is 0 Å². The van der Waals surface area contributed by atoms with Crippen LogP contribution in [0.5, 0.6) is 0 Å². The summed E-state index contributed by atoms with van der Waals surface area (Å²) in [5, 5.41) is 3.17. The Morgan fingerprint density at radius 3 is 2.33 bits per heavy atom. The van der Waals surface area contributed by atoms with E-state index in [1.165, 1.54) is 24.0 Å². The van der Waals surface area contributed by atoms with Crippen LogP contribution in [0.4, 0.5) is 0 Å². The van der Waals surface area contributed by atoms with Crippen LogP contribution in [0.3, 0.4) is 0 Å². The molecule has 0 aromatic heterocycles. The van der Waals surface area contributed by atoms with E-state index in [9.17, 15) is 13.2 Å². The zero-order chi connectivity index (χ0) is 23.4. The van der Waals surface area contributed by atoms with Gasteiger partial charge in [-0.2, -0.15) is 4.31 Å². The molecule has 33 heavy (non-hydrogen) atoms. The van der Waals surface area contributed by atoms with E-state index in [-0.39, 0.29) is 16.8 Å². The van der Waals surface area contributed by atoms with Crippen LogP contribution in [0.2, 0.25) is 0 Å². The number of nitrogens with one attached hydrogen (secondary N) is 1. The van der Waals surface area contributed by atoms with E-state index in [0.717, 1.165) is 56.1 Å². The molecule has 1 atom stereocenters. The zero-order valence-corrected chi connectivity index (χ0v) is 20.7. The molecule has 1 heterocycles. The molecule has 0 spiro atoms. The molecule has 1 aliphatic carbocycles. The van der Waals surface area contributed by atoms with Crippen LogP contribution in [-0.2, 0) is 22.9 Å². The van der Waals surface area contributed by atoms with Gasteiger partial charge in [0.25, 0.3) is 5.91 Å². The Morgan fingerprint density at radius 2 is 1.64 bits per heavy atom. The van der Waals surface area contributed by atoms with Crippen molar-refractivity contribution >= 4 is 15.9 Å². The Bertz CT molecular complexity index is 1100. The molecular weight excluding hydrogens is 432 g/mol. The molecular formula is C27H36N2O3S. The van der Waals surface area contributed by atoms with Crippen LogP contribution in [0.15, 0.2) is 41.3 Å². The Hall–Kier alpha value is -2.18. The predicted octanol–water partition coefficient (Wildman–Crippen LogP) is 5.32. The lowest BCUT2D eigenvalue weighted by Crippen LogP contribution is -2.32. The third kappa shape index (κ3) is 5.33. The van der Waals surface area contributed by atoms with Gasteiger partial charge in [-0.1, -0.05) is 44.0 Å². The molecule has 2 aromatic rings. The van der Waals surface area contributed by atoms with Gasteiger partial charge in [-0.05, 0) is 86.3 Å². The maximum atomic E-state index is 13.3. The molecule has 0 saturated carbocycles. The lowest BCUT2D eigenvalue weighted by Gasteiger charge is -2.23. The van der Waals surface area contributed by atoms with Crippen molar-refractivity contribution in [2.75, 3.05) is 13.1 Å². The summed E-state index contributed by atoms with van der Waals surface area (Å²) in [6.45, 7) is 5.02. The Kier molecular flexibility index (Phi) is 7.55. The van der Waals surface area contributed by atoms with E-state index in [1.807, 2.05) is 6.92 Å². The van der Waals surface area contributed by atoms with Gasteiger partial charge in [0.1, 0.15) is 0 Å². The van der Waals surface area contributed by atoms with Crippen LogP contribution in [0, 0.1) is 6.92 Å². The predicted molar refractivity (Wildman–Crippen MR) is 132 cm³/mol. The summed E-state index contributed by atoms with van der Waals surface area (Å²) in [6.07, 6.45) is 9.38. The summed E-state index contributed by atoms with van der Waals surface area (Å²) in [6, 6.07) is 11.4. The Labute approximate surface area is 198 Å². The number of carbonyl (C=O) groups is 1. The van der Waals surface area contributed by atoms with Crippen LogP contribution in [-0.4, -0.2) is 31.7 Å². The number of nitrogens with zero attached hydrogens (tertiary/aromatic N) is 1. The second kappa shape index (κ2) is 10.4. The SMILES string of the molecule is CC[C@H](NC(=O)c1cc(S(=O)(=O)N2CCCCCC2)ccc1C)c1ccc2c(c1)CCCC2. The molecule has 1 amide bonds. The number of aryl methyl sites for hydroxylation is 3. The van der Waals surface area contributed by atoms with Gasteiger partial charge in [-0.15, -0.1) is 0 Å². The maximum Gasteiger partial charge on any atom is 0.252 e. The van der Waals surface area contributed by atoms with E-state index in [1.54, 1.807) is 22.5 Å². The normalized spacial score (nSPS) is 18.2. The van der Waals surface area contributed by atoms with Gasteiger partial charge in [0, 0.05) is 18.7 Å². The Balaban J connectivity index is 1.56. The molecule has 1 aliphatic heterocycles. The summed E-state index contributed by atoms with van der Waals surface area (Å²) in [5.74, 6) is -0.218. The topological polar surface area (TPSA) is 66.5 Å². The molecule has 6 heteroatoms. The van der Waals surface area contributed by atoms with Gasteiger partial charge in [0.2, 0.25) is 10.0 Å². The molecule has 1 N–H and O–H groups in total. The van der Waals surface area contributed by atoms with Crippen molar-refractivity contribution in [1.82, 2.24) is 9.62 Å². The van der Waals surface area contributed by atoms with Crippen molar-refractivity contribution in [3.05, 3.63) is 64.2 Å². The third-order valence-electron chi connectivity index (χ3n) is 7.14. The van der Waals surface area contributed by atoms with Gasteiger partial charge in [-0.3, -0.25) is 4.79 Å². The minimum atomic E-state index is -3.60. The summed E-state index contributed by atoms with van der Waals surface area (Å²) < 4.78 is 28.1. The van der Waals surface area contributed by atoms with E-state index >= 15 is 0 Å². The van der Waals surface area contributed by atoms with E-state index < -0.39 is 10.0 Å². The average Bonchev–Trinajstić information content (AvgIpc) is 3.12. The first-order valence-corrected chi connectivity index (χ1v) is 13.9. The molecule has 0 unspecified atom stereocenters. The summed E-state index contributed by atoms with van der Waals surface area (Å²) in [5.41, 5.74) is 5.16. The molecule has 4 rings (SSSR count). The number of amides is 1. The molecule has 0 bridgehead atoms. The third-order valence-corrected chi connectivity index (χ3v) is 9.04. The summed E-state index contributed by atoms with van der Waals surface area (Å²) in [7, 11) is -3.60. The van der Waals surface area contributed by atoms with E-state index in [0.29, 0.717) is 18.7 Å². The van der Waals surface area contributed by atoms with E-state index in [4.69, 9.17) is 0 Å². The second-order valence-electron chi connectivity index (χ2n) is 9.46. The number of fused-ring (bicyclic) bond motifs is 1. The minimum Gasteiger partial charge on any atom is -0.345 e. The second-order valence-corrected chi connectivity index (χ2v) is 11.4. The lowest BCUT2D eigenvalue weighted by molar-refractivity contribution is 0.0934. The minimum absolute atomic E-state index is 0.102. The van der Waals surface area contributed by atoms with Crippen LogP contribution < -0.4 is 5.32 Å². The number of sulfonamides is 1. The molecule has 178 valence electrons. The van der Waals surface area contributed by atoms with Gasteiger partial charge in [0.05, 0.1) is 10.9 Å². The maximum absolute atomic E-state index is 13.3. The fraction of sp³-hybridized carbons (Fsp3) is 0.519. The number of hydrogen-bond acceptors (Lipinski definition) is 3. The van der Waals surface area contributed by atoms with Gasteiger partial charge < -0.3 is 5.32 Å². The lowest BCUT2D eigenvalue weighted by atomic mass is 9.88. The Morgan fingerprint density at radius 1 is 0.939 bits per heavy atom. The highest BCUT2D eigenvalue weighted by atomic mass is 32.2. The highest BCUT2D eigenvalue weighted by Gasteiger charge is 2.27. The number of carbonyl (C=O) groups excluding carboxylic acids is 1. The molecule has 2 aromatic carbocycles. The largest absolute Gasteiger partial charge is 0.345 e. The van der Waals surface area contributed by atoms with Crippen molar-refractivity contribution in [3.8, 4) is 0 Å². The quantitative estimate of drug-likeness (QED) is 0.624. The first kappa shape index (κ1) is 24.0. The molecule has 1 fully saturated rings. The summed E-state index contributed by atoms with van der Waals surface area (Å²) >= 11 is 0. The van der Waals surface area contributed by atoms with Crippen LogP contribution in [0.1, 0.15) is 90.5 Å². The first-order valence-electron chi connectivity index (χ1n) is 12.4. The molecule has 1 saturated heterocycles. The summed E-state index contributed by atoms with van der Waals surface area (Å²) in [4.78, 5) is 13.5. The fourth-order valence-corrected chi connectivity index (χ4v) is 6.61. The van der Waals surface area contributed by atoms with Gasteiger partial charge in [-0.25, -0.2) is 8.42 Å². The van der Waals surface area contributed by atoms with Crippen molar-refractivity contribution in [2.24, 2.45) is 0 Å². The molecule has 5 nitrogen and oxygen atoms in total. The monoisotopic (exact) mass is 468 g/mol. The van der Waals surface area contributed by atoms with Gasteiger partial charge in [0.15, 0.2) is 0 Å². The van der Waals surface area contributed by atoms with Crippen LogP contribution >= 0.6 is 0 Å². The van der Waals surface area contributed by atoms with E-state index in [2.05, 4.69) is 30.4 Å². The first-order chi connectivity index (χ1) is 15.9. The molecule has 2 aliphatic rings. The van der Waals surface area contributed by atoms with Crippen molar-refractivity contribution < 1.29 is 13.2 Å². The van der Waals surface area contributed by atoms with Crippen molar-refractivity contribution in [3.63, 3.8) is 0 Å². The zero-order valence-electron chi connectivity index (χ0n) is 19.9. The number of rotatable bonds is 6. The fourth-order valence-electron chi connectivity index (χ4n) is 5.06. The molecule has 0 radical (unpaired) electrons. The van der Waals surface area contributed by atoms with Crippen molar-refractivity contribution in [1.29, 1.82) is 0 Å². The highest BCUT2D eigenvalue weighted by Crippen LogP contribution is 2.27. The highest BCUT2D eigenvalue weighted by molar-refractivity contribution is 7.89. The average molecular weight is 469 g/mol. The smallest absolute Gasteiger partial charge is 0.252 e. The standard InChI is InChI=1S/C27H36N2O3S/c1-3-26(23-14-13-21-10-6-7-11-22(21)18-23)28-27(30)25-19-24(15-12-20(25)2)33(31,32)29-16-8-4-5-9-17-29/h12-15,18-19,26H,3-11,16-17H2,1-2H3,(H,28,30)/t26-/m0/s1. The van der Waals surface area contributed by atoms with Crippen molar-refractivity contribution in [2.45, 2.75) is 82.6 Å². The number of benzene rings is 2. The van der Waals surface area contributed by atoms with Crippen LogP contribution in [0.25, 0.3) is 0 Å². The number of hydrogen-bond donors (Lipinski definition) is 1.